The second-order valence-corrected chi connectivity index (χ2v) is 0. The second kappa shape index (κ2) is 18.6. The molecule has 0 aliphatic heterocycles. The SMILES string of the molecule is [Co].[P].[Re].[W]. The van der Waals surface area contributed by atoms with Crippen LogP contribution in [0.15, 0.2) is 0 Å². The molecule has 27 valence electrons. The predicted octanol–water partition coefficient (Wildman–Crippen LogP) is 0.854. The Kier molecular flexibility index (Phi) is 156. The largest absolute Gasteiger partial charge is 0 e. The number of hydrogen-bond donors (Lipinski definition) is 0. The summed E-state index contributed by atoms with van der Waals surface area (Å²) in [6.45, 7) is 0. The average molecular weight is 460 g/mol. The molecule has 0 unspecified atom stereocenters. The molecule has 0 aromatic carbocycles. The van der Waals surface area contributed by atoms with Crippen LogP contribution in [-0.2, 0) is 58.3 Å². The van der Waals surface area contributed by atoms with E-state index in [0.717, 1.165) is 0 Å². The summed E-state index contributed by atoms with van der Waals surface area (Å²) in [5.74, 6) is 0. The minimum atomic E-state index is 0. The molecule has 5 radical (unpaired) electrons. The van der Waals surface area contributed by atoms with Gasteiger partial charge in [0.05, 0.1) is 0 Å². The first kappa shape index (κ1) is 33.6. The normalized spacial score (nSPS) is 0. The van der Waals surface area contributed by atoms with Gasteiger partial charge in [-0.3, -0.25) is 0 Å². The summed E-state index contributed by atoms with van der Waals surface area (Å²) in [6, 6.07) is 0. The van der Waals surface area contributed by atoms with E-state index in [4.69, 9.17) is 0 Å². The van der Waals surface area contributed by atoms with Crippen molar-refractivity contribution >= 4 is 9.90 Å². The van der Waals surface area contributed by atoms with Crippen molar-refractivity contribution in [3.05, 3.63) is 0 Å². The fraction of sp³-hybridized carbons (Fsp3) is 0. The third-order valence-corrected chi connectivity index (χ3v) is 0. The van der Waals surface area contributed by atoms with E-state index in [1.54, 1.807) is 0 Å². The second-order valence-electron chi connectivity index (χ2n) is 0. The molecule has 0 amide bonds. The van der Waals surface area contributed by atoms with Crippen LogP contribution in [0.25, 0.3) is 0 Å². The van der Waals surface area contributed by atoms with Crippen LogP contribution >= 0.6 is 9.90 Å². The zero-order valence-electron chi connectivity index (χ0n) is 1.57. The average Bonchev–Trinajstić information content (AvgIpc) is 0. The Morgan fingerprint density at radius 3 is 1.00 bits per heavy atom. The molecule has 0 saturated heterocycles. The molecular weight excluding hydrogens is 460 g/mol. The van der Waals surface area contributed by atoms with Gasteiger partial charge in [0.25, 0.3) is 0 Å². The number of rotatable bonds is 0. The first-order valence-corrected chi connectivity index (χ1v) is 0. The summed E-state index contributed by atoms with van der Waals surface area (Å²) in [5.41, 5.74) is 0. The Hall–Kier alpha value is 2.29. The van der Waals surface area contributed by atoms with E-state index in [0.29, 0.717) is 0 Å². The molecule has 0 atom stereocenters. The minimum Gasteiger partial charge on any atom is 0 e. The molecule has 0 heterocycles. The quantitative estimate of drug-likeness (QED) is 0.471. The molecule has 0 rings (SSSR count). The summed E-state index contributed by atoms with van der Waals surface area (Å²) in [4.78, 5) is 0. The molecular formula is CoPReW. The topological polar surface area (TPSA) is 0 Å². The molecule has 4 heavy (non-hydrogen) atoms. The molecule has 0 nitrogen and oxygen atoms in total. The van der Waals surface area contributed by atoms with E-state index in [1.165, 1.54) is 0 Å². The van der Waals surface area contributed by atoms with Crippen molar-refractivity contribution in [2.45, 2.75) is 0 Å². The summed E-state index contributed by atoms with van der Waals surface area (Å²) in [6.07, 6.45) is 0. The van der Waals surface area contributed by atoms with Crippen molar-refractivity contribution < 1.29 is 58.3 Å². The molecule has 0 saturated carbocycles. The van der Waals surface area contributed by atoms with Crippen LogP contribution in [0.1, 0.15) is 0 Å². The van der Waals surface area contributed by atoms with Gasteiger partial charge in [0.15, 0.2) is 0 Å². The van der Waals surface area contributed by atoms with Gasteiger partial charge in [-0.2, -0.15) is 0 Å². The van der Waals surface area contributed by atoms with Crippen LogP contribution in [-0.4, -0.2) is 0 Å². The van der Waals surface area contributed by atoms with Gasteiger partial charge in [-0.1, -0.05) is 0 Å². The van der Waals surface area contributed by atoms with Crippen molar-refractivity contribution in [2.75, 3.05) is 0 Å². The minimum absolute atomic E-state index is 0. The predicted molar refractivity (Wildman–Crippen MR) is 6.92 cm³/mol. The van der Waals surface area contributed by atoms with E-state index >= 15 is 0 Å². The van der Waals surface area contributed by atoms with Gasteiger partial charge in [-0.15, -0.1) is 0 Å². The third-order valence-electron chi connectivity index (χ3n) is 0. The summed E-state index contributed by atoms with van der Waals surface area (Å²) < 4.78 is 0. The first-order chi connectivity index (χ1) is 0. The Morgan fingerprint density at radius 2 is 1.00 bits per heavy atom. The maximum absolute atomic E-state index is 0. The summed E-state index contributed by atoms with van der Waals surface area (Å²) in [5, 5.41) is 0. The molecule has 0 aliphatic rings. The molecule has 0 aromatic heterocycles. The maximum atomic E-state index is 0. The van der Waals surface area contributed by atoms with Crippen LogP contribution < -0.4 is 0 Å². The standard InChI is InChI=1S/Co.P.Re.W. The van der Waals surface area contributed by atoms with Gasteiger partial charge < -0.3 is 0 Å². The molecule has 0 aromatic rings. The fourth-order valence-corrected chi connectivity index (χ4v) is 0. The van der Waals surface area contributed by atoms with Gasteiger partial charge in [-0.25, -0.2) is 0 Å². The van der Waals surface area contributed by atoms with Crippen molar-refractivity contribution in [2.24, 2.45) is 0 Å². The summed E-state index contributed by atoms with van der Waals surface area (Å²) in [7, 11) is 0. The van der Waals surface area contributed by atoms with Crippen LogP contribution in [0.5, 0.6) is 0 Å². The number of hydrogen-bond acceptors (Lipinski definition) is 0. The van der Waals surface area contributed by atoms with Gasteiger partial charge in [0, 0.05) is 68.2 Å². The van der Waals surface area contributed by atoms with E-state index in [2.05, 4.69) is 0 Å². The van der Waals surface area contributed by atoms with Gasteiger partial charge in [0.2, 0.25) is 0 Å². The van der Waals surface area contributed by atoms with Crippen LogP contribution in [0, 0.1) is 0 Å². The zero-order valence-corrected chi connectivity index (χ0v) is 9.15. The van der Waals surface area contributed by atoms with Crippen molar-refractivity contribution in [3.63, 3.8) is 0 Å². The van der Waals surface area contributed by atoms with Crippen LogP contribution in [0.3, 0.4) is 0 Å². The molecule has 0 bridgehead atoms. The van der Waals surface area contributed by atoms with Gasteiger partial charge >= 0.3 is 0 Å². The Morgan fingerprint density at radius 1 is 1.00 bits per heavy atom. The third kappa shape index (κ3) is 8.86. The first-order valence-electron chi connectivity index (χ1n) is 0. The molecule has 0 spiro atoms. The van der Waals surface area contributed by atoms with E-state index in [-0.39, 0.29) is 68.2 Å². The van der Waals surface area contributed by atoms with Gasteiger partial charge in [0.1, 0.15) is 0 Å². The molecule has 4 heteroatoms. The smallest absolute Gasteiger partial charge is 0 e. The maximum Gasteiger partial charge on any atom is 0 e. The van der Waals surface area contributed by atoms with Crippen molar-refractivity contribution in [3.8, 4) is 0 Å². The fourth-order valence-electron chi connectivity index (χ4n) is 0. The summed E-state index contributed by atoms with van der Waals surface area (Å²) >= 11 is 0. The van der Waals surface area contributed by atoms with E-state index in [1.807, 2.05) is 0 Å². The Balaban J connectivity index is 0. The van der Waals surface area contributed by atoms with Crippen molar-refractivity contribution in [1.29, 1.82) is 0 Å². The van der Waals surface area contributed by atoms with Crippen LogP contribution in [0.4, 0.5) is 0 Å². The van der Waals surface area contributed by atoms with E-state index in [9.17, 15) is 0 Å². The monoisotopic (exact) mass is 461 g/mol. The van der Waals surface area contributed by atoms with Gasteiger partial charge in [-0.05, 0) is 0 Å². The molecule has 0 N–H and O–H groups in total. The Labute approximate surface area is 67.6 Å². The van der Waals surface area contributed by atoms with Crippen molar-refractivity contribution in [1.82, 2.24) is 0 Å². The molecule has 0 aliphatic carbocycles. The zero-order chi connectivity index (χ0) is 0. The van der Waals surface area contributed by atoms with Crippen LogP contribution in [0.2, 0.25) is 0 Å². The van der Waals surface area contributed by atoms with E-state index < -0.39 is 0 Å². The molecule has 0 fully saturated rings. The Bertz CT molecular complexity index is 8.00.